The summed E-state index contributed by atoms with van der Waals surface area (Å²) in [6, 6.07) is 8.48. The van der Waals surface area contributed by atoms with Gasteiger partial charge in [-0.15, -0.1) is 0 Å². The number of rotatable bonds is 10. The van der Waals surface area contributed by atoms with Crippen molar-refractivity contribution in [2.75, 3.05) is 33.8 Å². The fraction of sp³-hybridized carbons (Fsp3) is 0.273. The van der Waals surface area contributed by atoms with E-state index in [4.69, 9.17) is 18.9 Å². The SMILES string of the molecule is C=C(C)Nc1cc(CS(=O)(=O)/C=C/c2c(OC)cc(OC)cc2OC)ccc1OC. The van der Waals surface area contributed by atoms with E-state index in [1.165, 1.54) is 27.4 Å². The molecule has 0 radical (unpaired) electrons. The number of ether oxygens (including phenoxy) is 4. The van der Waals surface area contributed by atoms with E-state index in [-0.39, 0.29) is 5.75 Å². The highest BCUT2D eigenvalue weighted by Gasteiger charge is 2.14. The lowest BCUT2D eigenvalue weighted by Gasteiger charge is -2.13. The van der Waals surface area contributed by atoms with E-state index in [0.717, 1.165) is 5.41 Å². The van der Waals surface area contributed by atoms with Gasteiger partial charge in [0.1, 0.15) is 23.0 Å². The van der Waals surface area contributed by atoms with Crippen LogP contribution in [0.3, 0.4) is 0 Å². The lowest BCUT2D eigenvalue weighted by atomic mass is 10.1. The maximum absolute atomic E-state index is 12.7. The van der Waals surface area contributed by atoms with Gasteiger partial charge in [-0.2, -0.15) is 0 Å². The summed E-state index contributed by atoms with van der Waals surface area (Å²) in [4.78, 5) is 0. The standard InChI is InChI=1S/C22H27NO6S/c1-15(2)23-19-11-16(7-8-20(19)27-4)14-30(24,25)10-9-18-21(28-5)12-17(26-3)13-22(18)29-6/h7-13,23H,1,14H2,2-6H3/b10-9+. The summed E-state index contributed by atoms with van der Waals surface area (Å²) in [7, 11) is 2.49. The summed E-state index contributed by atoms with van der Waals surface area (Å²) in [6.07, 6.45) is 1.46. The summed E-state index contributed by atoms with van der Waals surface area (Å²) < 4.78 is 46.7. The number of methoxy groups -OCH3 is 4. The molecule has 0 atom stereocenters. The van der Waals surface area contributed by atoms with Crippen molar-refractivity contribution in [2.45, 2.75) is 12.7 Å². The Bertz CT molecular complexity index is 1020. The molecule has 0 aliphatic carbocycles. The van der Waals surface area contributed by atoms with Gasteiger partial charge in [-0.25, -0.2) is 8.42 Å². The van der Waals surface area contributed by atoms with Gasteiger partial charge in [0.05, 0.1) is 45.4 Å². The topological polar surface area (TPSA) is 83.1 Å². The van der Waals surface area contributed by atoms with Crippen molar-refractivity contribution < 1.29 is 27.4 Å². The molecule has 0 aromatic heterocycles. The minimum Gasteiger partial charge on any atom is -0.496 e. The van der Waals surface area contributed by atoms with Crippen LogP contribution in [0.25, 0.3) is 6.08 Å². The van der Waals surface area contributed by atoms with Crippen LogP contribution in [0.4, 0.5) is 5.69 Å². The number of hydrogen-bond acceptors (Lipinski definition) is 7. The van der Waals surface area contributed by atoms with Gasteiger partial charge in [0, 0.05) is 23.2 Å². The van der Waals surface area contributed by atoms with Crippen molar-refractivity contribution in [2.24, 2.45) is 0 Å². The Morgan fingerprint density at radius 1 is 0.967 bits per heavy atom. The molecule has 2 aromatic rings. The van der Waals surface area contributed by atoms with Crippen molar-refractivity contribution in [3.8, 4) is 23.0 Å². The maximum atomic E-state index is 12.7. The van der Waals surface area contributed by atoms with Gasteiger partial charge in [-0.05, 0) is 30.7 Å². The lowest BCUT2D eigenvalue weighted by Crippen LogP contribution is -2.03. The molecule has 30 heavy (non-hydrogen) atoms. The number of nitrogens with one attached hydrogen (secondary N) is 1. The van der Waals surface area contributed by atoms with E-state index < -0.39 is 9.84 Å². The predicted molar refractivity (Wildman–Crippen MR) is 119 cm³/mol. The third kappa shape index (κ3) is 5.93. The second-order valence-electron chi connectivity index (χ2n) is 6.50. The average molecular weight is 434 g/mol. The average Bonchev–Trinajstić information content (AvgIpc) is 2.71. The lowest BCUT2D eigenvalue weighted by molar-refractivity contribution is 0.374. The maximum Gasteiger partial charge on any atom is 0.175 e. The third-order valence-electron chi connectivity index (χ3n) is 4.17. The van der Waals surface area contributed by atoms with Crippen LogP contribution < -0.4 is 24.3 Å². The molecule has 0 heterocycles. The van der Waals surface area contributed by atoms with Crippen LogP contribution in [0, 0.1) is 0 Å². The van der Waals surface area contributed by atoms with Crippen LogP contribution in [-0.2, 0) is 15.6 Å². The zero-order valence-corrected chi connectivity index (χ0v) is 18.6. The molecule has 0 amide bonds. The Morgan fingerprint density at radius 3 is 2.07 bits per heavy atom. The smallest absolute Gasteiger partial charge is 0.175 e. The molecule has 1 N–H and O–H groups in total. The molecule has 0 saturated carbocycles. The summed E-state index contributed by atoms with van der Waals surface area (Å²) in [5.74, 6) is 1.84. The first-order valence-corrected chi connectivity index (χ1v) is 10.7. The molecule has 7 nitrogen and oxygen atoms in total. The number of sulfone groups is 1. The van der Waals surface area contributed by atoms with E-state index in [1.807, 2.05) is 0 Å². The van der Waals surface area contributed by atoms with Crippen LogP contribution >= 0.6 is 0 Å². The number of hydrogen-bond donors (Lipinski definition) is 1. The molecule has 0 fully saturated rings. The van der Waals surface area contributed by atoms with Crippen molar-refractivity contribution >= 4 is 21.6 Å². The molecule has 2 aromatic carbocycles. The van der Waals surface area contributed by atoms with Gasteiger partial charge < -0.3 is 24.3 Å². The molecular formula is C22H27NO6S. The molecule has 0 bridgehead atoms. The van der Waals surface area contributed by atoms with Gasteiger partial charge in [0.15, 0.2) is 9.84 Å². The fourth-order valence-electron chi connectivity index (χ4n) is 2.82. The molecule has 0 aliphatic rings. The third-order valence-corrected chi connectivity index (χ3v) is 5.46. The van der Waals surface area contributed by atoms with E-state index in [2.05, 4.69) is 11.9 Å². The molecule has 0 aliphatic heterocycles. The van der Waals surface area contributed by atoms with E-state index >= 15 is 0 Å². The largest absolute Gasteiger partial charge is 0.496 e. The molecular weight excluding hydrogens is 406 g/mol. The summed E-state index contributed by atoms with van der Waals surface area (Å²) in [5, 5.41) is 4.22. The Labute approximate surface area is 177 Å². The number of anilines is 1. The highest BCUT2D eigenvalue weighted by atomic mass is 32.2. The Balaban J connectivity index is 2.34. The normalized spacial score (nSPS) is 11.2. The first-order valence-electron chi connectivity index (χ1n) is 9.03. The van der Waals surface area contributed by atoms with Crippen molar-refractivity contribution in [1.29, 1.82) is 0 Å². The molecule has 162 valence electrons. The van der Waals surface area contributed by atoms with E-state index in [1.54, 1.807) is 44.4 Å². The molecule has 0 spiro atoms. The minimum atomic E-state index is -3.58. The summed E-state index contributed by atoms with van der Waals surface area (Å²) >= 11 is 0. The molecule has 0 saturated heterocycles. The van der Waals surface area contributed by atoms with Crippen molar-refractivity contribution in [3.63, 3.8) is 0 Å². The Hall–Kier alpha value is -3.13. The monoisotopic (exact) mass is 433 g/mol. The van der Waals surface area contributed by atoms with Crippen molar-refractivity contribution in [3.05, 3.63) is 59.1 Å². The first-order chi connectivity index (χ1) is 14.2. The van der Waals surface area contributed by atoms with Crippen LogP contribution in [0.2, 0.25) is 0 Å². The second kappa shape index (κ2) is 10.1. The van der Waals surface area contributed by atoms with Gasteiger partial charge in [-0.1, -0.05) is 12.6 Å². The first kappa shape index (κ1) is 23.2. The van der Waals surface area contributed by atoms with E-state index in [9.17, 15) is 8.42 Å². The fourth-order valence-corrected chi connectivity index (χ4v) is 3.91. The van der Waals surface area contributed by atoms with Crippen LogP contribution in [0.1, 0.15) is 18.1 Å². The van der Waals surface area contributed by atoms with Crippen LogP contribution in [0.15, 0.2) is 48.0 Å². The minimum absolute atomic E-state index is 0.181. The van der Waals surface area contributed by atoms with Crippen molar-refractivity contribution in [1.82, 2.24) is 0 Å². The van der Waals surface area contributed by atoms with Gasteiger partial charge in [0.2, 0.25) is 0 Å². The number of allylic oxidation sites excluding steroid dienone is 1. The zero-order chi connectivity index (χ0) is 22.3. The molecule has 0 unspecified atom stereocenters. The highest BCUT2D eigenvalue weighted by Crippen LogP contribution is 2.35. The van der Waals surface area contributed by atoms with Gasteiger partial charge in [-0.3, -0.25) is 0 Å². The van der Waals surface area contributed by atoms with Gasteiger partial charge >= 0.3 is 0 Å². The van der Waals surface area contributed by atoms with Crippen LogP contribution in [0.5, 0.6) is 23.0 Å². The highest BCUT2D eigenvalue weighted by molar-refractivity contribution is 7.93. The molecule has 2 rings (SSSR count). The van der Waals surface area contributed by atoms with Crippen LogP contribution in [-0.4, -0.2) is 36.9 Å². The summed E-state index contributed by atoms with van der Waals surface area (Å²) in [6.45, 7) is 5.62. The van der Waals surface area contributed by atoms with Gasteiger partial charge in [0.25, 0.3) is 0 Å². The Morgan fingerprint density at radius 2 is 1.57 bits per heavy atom. The number of benzene rings is 2. The quantitative estimate of drug-likeness (QED) is 0.600. The summed E-state index contributed by atoms with van der Waals surface area (Å²) in [5.41, 5.74) is 2.48. The second-order valence-corrected chi connectivity index (χ2v) is 8.38. The Kier molecular flexibility index (Phi) is 7.77. The molecule has 8 heteroatoms. The zero-order valence-electron chi connectivity index (χ0n) is 17.8. The van der Waals surface area contributed by atoms with E-state index in [0.29, 0.717) is 45.5 Å². The predicted octanol–water partition coefficient (Wildman–Crippen LogP) is 4.25.